The fraction of sp³-hybridized carbons (Fsp3) is 0.250. The molecular weight excluding hydrogens is 220 g/mol. The third kappa shape index (κ3) is 2.33. The summed E-state index contributed by atoms with van der Waals surface area (Å²) in [4.78, 5) is 4.24. The highest BCUT2D eigenvalue weighted by atomic mass is 32.1. The summed E-state index contributed by atoms with van der Waals surface area (Å²) in [5.74, 6) is 0.751. The molecule has 1 aromatic heterocycles. The van der Waals surface area contributed by atoms with Gasteiger partial charge in [0.05, 0.1) is 23.5 Å². The van der Waals surface area contributed by atoms with E-state index in [-0.39, 0.29) is 0 Å². The molecule has 0 atom stereocenters. The molecule has 3 nitrogen and oxygen atoms in total. The molecule has 1 aromatic carbocycles. The van der Waals surface area contributed by atoms with E-state index >= 15 is 0 Å². The SMILES string of the molecule is CCCOc1ccc(-c2cscn2)cc1N. The van der Waals surface area contributed by atoms with Crippen molar-refractivity contribution in [2.45, 2.75) is 13.3 Å². The summed E-state index contributed by atoms with van der Waals surface area (Å²) in [6.07, 6.45) is 0.979. The minimum atomic E-state index is 0.666. The minimum absolute atomic E-state index is 0.666. The van der Waals surface area contributed by atoms with Crippen molar-refractivity contribution in [2.75, 3.05) is 12.3 Å². The van der Waals surface area contributed by atoms with Crippen molar-refractivity contribution in [3.8, 4) is 17.0 Å². The fourth-order valence-corrected chi connectivity index (χ4v) is 1.97. The van der Waals surface area contributed by atoms with E-state index in [9.17, 15) is 0 Å². The van der Waals surface area contributed by atoms with Gasteiger partial charge in [0.15, 0.2) is 0 Å². The summed E-state index contributed by atoms with van der Waals surface area (Å²) < 4.78 is 5.52. The molecule has 2 N–H and O–H groups in total. The second kappa shape index (κ2) is 4.99. The summed E-state index contributed by atoms with van der Waals surface area (Å²) in [7, 11) is 0. The van der Waals surface area contributed by atoms with Gasteiger partial charge in [-0.2, -0.15) is 0 Å². The van der Waals surface area contributed by atoms with Crippen molar-refractivity contribution < 1.29 is 4.74 Å². The molecule has 16 heavy (non-hydrogen) atoms. The van der Waals surface area contributed by atoms with Crippen molar-refractivity contribution in [1.82, 2.24) is 4.98 Å². The molecule has 2 aromatic rings. The lowest BCUT2D eigenvalue weighted by molar-refractivity contribution is 0.319. The van der Waals surface area contributed by atoms with Gasteiger partial charge in [-0.3, -0.25) is 0 Å². The maximum atomic E-state index is 5.92. The Hall–Kier alpha value is -1.55. The monoisotopic (exact) mass is 234 g/mol. The molecule has 0 aliphatic carbocycles. The second-order valence-corrected chi connectivity index (χ2v) is 4.19. The number of anilines is 1. The first-order chi connectivity index (χ1) is 7.81. The lowest BCUT2D eigenvalue weighted by Crippen LogP contribution is -1.99. The van der Waals surface area contributed by atoms with E-state index < -0.39 is 0 Å². The van der Waals surface area contributed by atoms with Gasteiger partial charge in [-0.15, -0.1) is 11.3 Å². The van der Waals surface area contributed by atoms with Crippen LogP contribution in [0.25, 0.3) is 11.3 Å². The van der Waals surface area contributed by atoms with Crippen LogP contribution in [0.4, 0.5) is 5.69 Å². The fourth-order valence-electron chi connectivity index (χ4n) is 1.41. The highest BCUT2D eigenvalue weighted by Gasteiger charge is 2.04. The van der Waals surface area contributed by atoms with E-state index in [1.807, 2.05) is 29.1 Å². The van der Waals surface area contributed by atoms with Gasteiger partial charge in [0.1, 0.15) is 5.75 Å². The third-order valence-corrected chi connectivity index (χ3v) is 2.79. The van der Waals surface area contributed by atoms with Gasteiger partial charge in [0.25, 0.3) is 0 Å². The van der Waals surface area contributed by atoms with Crippen LogP contribution in [0.1, 0.15) is 13.3 Å². The zero-order valence-corrected chi connectivity index (χ0v) is 9.96. The first kappa shape index (κ1) is 11.0. The van der Waals surface area contributed by atoms with E-state index in [2.05, 4.69) is 11.9 Å². The molecule has 0 bridgehead atoms. The van der Waals surface area contributed by atoms with E-state index in [0.29, 0.717) is 12.3 Å². The molecule has 0 radical (unpaired) electrons. The molecule has 2 rings (SSSR count). The highest BCUT2D eigenvalue weighted by molar-refractivity contribution is 7.07. The summed E-state index contributed by atoms with van der Waals surface area (Å²) in [5.41, 5.74) is 10.4. The Bertz CT molecular complexity index is 454. The molecule has 0 saturated carbocycles. The lowest BCUT2D eigenvalue weighted by Gasteiger charge is -2.08. The second-order valence-electron chi connectivity index (χ2n) is 3.47. The van der Waals surface area contributed by atoms with E-state index in [1.165, 1.54) is 0 Å². The van der Waals surface area contributed by atoms with Crippen molar-refractivity contribution in [2.24, 2.45) is 0 Å². The van der Waals surface area contributed by atoms with Gasteiger partial charge in [0, 0.05) is 10.9 Å². The molecule has 1 heterocycles. The highest BCUT2D eigenvalue weighted by Crippen LogP contribution is 2.28. The molecule has 0 fully saturated rings. The smallest absolute Gasteiger partial charge is 0.142 e. The summed E-state index contributed by atoms with van der Waals surface area (Å²) in [6.45, 7) is 2.76. The normalized spacial score (nSPS) is 10.3. The van der Waals surface area contributed by atoms with Crippen LogP contribution in [0.5, 0.6) is 5.75 Å². The van der Waals surface area contributed by atoms with E-state index in [4.69, 9.17) is 10.5 Å². The zero-order chi connectivity index (χ0) is 11.4. The predicted molar refractivity (Wildman–Crippen MR) is 67.7 cm³/mol. The van der Waals surface area contributed by atoms with Crippen LogP contribution < -0.4 is 10.5 Å². The molecule has 0 amide bonds. The summed E-state index contributed by atoms with van der Waals surface area (Å²) >= 11 is 1.58. The minimum Gasteiger partial charge on any atom is -0.491 e. The summed E-state index contributed by atoms with van der Waals surface area (Å²) in [5, 5.41) is 2.00. The molecule has 0 aliphatic heterocycles. The number of nitrogens with two attached hydrogens (primary N) is 1. The molecular formula is C12H14N2OS. The number of aromatic nitrogens is 1. The molecule has 0 aliphatic rings. The zero-order valence-electron chi connectivity index (χ0n) is 9.14. The maximum Gasteiger partial charge on any atom is 0.142 e. The van der Waals surface area contributed by atoms with Gasteiger partial charge in [-0.1, -0.05) is 6.92 Å². The number of nitrogens with zero attached hydrogens (tertiary/aromatic N) is 1. The number of ether oxygens (including phenoxy) is 1. The van der Waals surface area contributed by atoms with Crippen molar-refractivity contribution in [3.05, 3.63) is 29.1 Å². The maximum absolute atomic E-state index is 5.92. The Morgan fingerprint density at radius 3 is 2.94 bits per heavy atom. The van der Waals surface area contributed by atoms with Gasteiger partial charge in [0.2, 0.25) is 0 Å². The number of benzene rings is 1. The van der Waals surface area contributed by atoms with Crippen LogP contribution >= 0.6 is 11.3 Å². The average molecular weight is 234 g/mol. The standard InChI is InChI=1S/C12H14N2OS/c1-2-5-15-12-4-3-9(6-10(12)13)11-7-16-8-14-11/h3-4,6-8H,2,5,13H2,1H3. The molecule has 0 saturated heterocycles. The first-order valence-electron chi connectivity index (χ1n) is 5.22. The average Bonchev–Trinajstić information content (AvgIpc) is 2.81. The van der Waals surface area contributed by atoms with Crippen LogP contribution in [0.3, 0.4) is 0 Å². The predicted octanol–water partition coefficient (Wildman–Crippen LogP) is 3.18. The number of nitrogen functional groups attached to an aromatic ring is 1. The van der Waals surface area contributed by atoms with Crippen LogP contribution in [0.15, 0.2) is 29.1 Å². The quantitative estimate of drug-likeness (QED) is 0.826. The van der Waals surface area contributed by atoms with Gasteiger partial charge in [-0.25, -0.2) is 4.98 Å². The van der Waals surface area contributed by atoms with Crippen molar-refractivity contribution in [3.63, 3.8) is 0 Å². The van der Waals surface area contributed by atoms with Gasteiger partial charge in [-0.05, 0) is 24.6 Å². The summed E-state index contributed by atoms with van der Waals surface area (Å²) in [6, 6.07) is 5.79. The number of hydrogen-bond acceptors (Lipinski definition) is 4. The number of rotatable bonds is 4. The molecule has 0 unspecified atom stereocenters. The number of thiazole rings is 1. The third-order valence-electron chi connectivity index (χ3n) is 2.20. The van der Waals surface area contributed by atoms with Gasteiger partial charge < -0.3 is 10.5 Å². The Labute approximate surface area is 98.9 Å². The van der Waals surface area contributed by atoms with Crippen molar-refractivity contribution in [1.29, 1.82) is 0 Å². The molecule has 4 heteroatoms. The topological polar surface area (TPSA) is 48.1 Å². The Kier molecular flexibility index (Phi) is 3.41. The van der Waals surface area contributed by atoms with Gasteiger partial charge >= 0.3 is 0 Å². The van der Waals surface area contributed by atoms with Crippen LogP contribution in [0.2, 0.25) is 0 Å². The van der Waals surface area contributed by atoms with Crippen LogP contribution in [0, 0.1) is 0 Å². The largest absolute Gasteiger partial charge is 0.491 e. The van der Waals surface area contributed by atoms with Crippen molar-refractivity contribution >= 4 is 17.0 Å². The van der Waals surface area contributed by atoms with Crippen LogP contribution in [-0.4, -0.2) is 11.6 Å². The van der Waals surface area contributed by atoms with E-state index in [0.717, 1.165) is 23.4 Å². The Morgan fingerprint density at radius 2 is 2.31 bits per heavy atom. The van der Waals surface area contributed by atoms with Crippen LogP contribution in [-0.2, 0) is 0 Å². The first-order valence-corrected chi connectivity index (χ1v) is 6.16. The molecule has 84 valence electrons. The Morgan fingerprint density at radius 1 is 1.44 bits per heavy atom. The number of hydrogen-bond donors (Lipinski definition) is 1. The Balaban J connectivity index is 2.23. The lowest BCUT2D eigenvalue weighted by atomic mass is 10.1. The van der Waals surface area contributed by atoms with E-state index in [1.54, 1.807) is 11.3 Å². The molecule has 0 spiro atoms.